The molecule has 0 unspecified atom stereocenters. The van der Waals surface area contributed by atoms with Gasteiger partial charge in [0, 0.05) is 36.7 Å². The van der Waals surface area contributed by atoms with Crippen molar-refractivity contribution in [2.75, 3.05) is 13.2 Å². The maximum Gasteiger partial charge on any atom is 0.223 e. The summed E-state index contributed by atoms with van der Waals surface area (Å²) >= 11 is 3.56. The predicted molar refractivity (Wildman–Crippen MR) is 132 cm³/mol. The highest BCUT2D eigenvalue weighted by Gasteiger charge is 2.32. The van der Waals surface area contributed by atoms with Crippen molar-refractivity contribution in [3.05, 3.63) is 53.2 Å². The molecule has 0 radical (unpaired) electrons. The molecule has 9 heteroatoms. The average Bonchev–Trinajstić information content (AvgIpc) is 3.60. The summed E-state index contributed by atoms with van der Waals surface area (Å²) in [4.78, 5) is 26.6. The first-order valence-electron chi connectivity index (χ1n) is 11.8. The second-order valence-corrected chi connectivity index (χ2v) is 10.0. The van der Waals surface area contributed by atoms with Crippen LogP contribution >= 0.6 is 15.9 Å². The van der Waals surface area contributed by atoms with Crippen molar-refractivity contribution in [1.29, 1.82) is 0 Å². The number of halogens is 1. The number of hydrogen-bond donors (Lipinski definition) is 1. The Morgan fingerprint density at radius 2 is 2.15 bits per heavy atom. The number of fused-ring (bicyclic) bond motifs is 2. The zero-order valence-electron chi connectivity index (χ0n) is 18.7. The van der Waals surface area contributed by atoms with E-state index in [4.69, 9.17) is 9.72 Å². The van der Waals surface area contributed by atoms with Crippen LogP contribution in [-0.2, 0) is 16.0 Å². The molecule has 1 aliphatic heterocycles. The summed E-state index contributed by atoms with van der Waals surface area (Å²) in [5, 5.41) is 9.75. The third kappa shape index (κ3) is 4.18. The van der Waals surface area contributed by atoms with Crippen molar-refractivity contribution in [3.8, 4) is 5.69 Å². The third-order valence-electron chi connectivity index (χ3n) is 6.92. The van der Waals surface area contributed by atoms with Crippen molar-refractivity contribution in [2.24, 2.45) is 11.8 Å². The Kier molecular flexibility index (Phi) is 5.74. The lowest BCUT2D eigenvalue weighted by atomic mass is 10.0. The minimum atomic E-state index is 0.0696. The van der Waals surface area contributed by atoms with E-state index >= 15 is 0 Å². The minimum Gasteiger partial charge on any atom is -0.379 e. The molecule has 2 aliphatic rings. The molecule has 3 aromatic heterocycles. The van der Waals surface area contributed by atoms with E-state index in [2.05, 4.69) is 42.4 Å². The molecule has 0 spiro atoms. The van der Waals surface area contributed by atoms with Gasteiger partial charge in [0.25, 0.3) is 0 Å². The standard InChI is InChI=1S/C25H25BrN6O2/c26-23-20-13-28-22(11-15-3-4-17(10-15)25(33)29-18-7-9-34-14-18)30-24(20)32(31-23)19-5-6-21-16(12-19)2-1-8-27-21/h1-2,5-6,8,12-13,15,17-18H,3-4,7,9-11,14H2,(H,29,33)/t15-,17-,18+/m1/s1. The molecule has 0 bridgehead atoms. The summed E-state index contributed by atoms with van der Waals surface area (Å²) in [5.41, 5.74) is 2.64. The van der Waals surface area contributed by atoms with Gasteiger partial charge < -0.3 is 10.1 Å². The second-order valence-electron chi connectivity index (χ2n) is 9.26. The summed E-state index contributed by atoms with van der Waals surface area (Å²) in [6.45, 7) is 1.37. The molecule has 1 aliphatic carbocycles. The van der Waals surface area contributed by atoms with Crippen LogP contribution < -0.4 is 5.32 Å². The van der Waals surface area contributed by atoms with Crippen molar-refractivity contribution in [2.45, 2.75) is 38.1 Å². The molecule has 1 aromatic carbocycles. The van der Waals surface area contributed by atoms with Gasteiger partial charge in [-0.1, -0.05) is 6.07 Å². The van der Waals surface area contributed by atoms with Crippen molar-refractivity contribution in [3.63, 3.8) is 0 Å². The summed E-state index contributed by atoms with van der Waals surface area (Å²) in [7, 11) is 0. The number of benzene rings is 1. The first-order chi connectivity index (χ1) is 16.6. The molecule has 4 aromatic rings. The molecule has 1 saturated carbocycles. The summed E-state index contributed by atoms with van der Waals surface area (Å²) in [6.07, 6.45) is 8.11. The SMILES string of the molecule is O=C(N[C@H]1CCOC1)[C@@H]1CC[C@@H](Cc2ncc3c(Br)nn(-c4ccc5ncccc5c4)c3n2)C1. The van der Waals surface area contributed by atoms with Gasteiger partial charge in [0.05, 0.1) is 29.2 Å². The summed E-state index contributed by atoms with van der Waals surface area (Å²) in [5.74, 6) is 1.43. The van der Waals surface area contributed by atoms with Crippen LogP contribution in [0.4, 0.5) is 0 Å². The first-order valence-corrected chi connectivity index (χ1v) is 12.6. The summed E-state index contributed by atoms with van der Waals surface area (Å²) in [6, 6.07) is 10.2. The normalized spacial score (nSPS) is 22.6. The van der Waals surface area contributed by atoms with Gasteiger partial charge in [0.15, 0.2) is 5.65 Å². The molecule has 1 N–H and O–H groups in total. The molecule has 34 heavy (non-hydrogen) atoms. The van der Waals surface area contributed by atoms with Gasteiger partial charge >= 0.3 is 0 Å². The highest BCUT2D eigenvalue weighted by molar-refractivity contribution is 9.10. The minimum absolute atomic E-state index is 0.0696. The number of amides is 1. The zero-order chi connectivity index (χ0) is 23.1. The van der Waals surface area contributed by atoms with E-state index in [-0.39, 0.29) is 17.9 Å². The molecule has 2 fully saturated rings. The summed E-state index contributed by atoms with van der Waals surface area (Å²) < 4.78 is 7.94. The monoisotopic (exact) mass is 520 g/mol. The maximum absolute atomic E-state index is 12.7. The van der Waals surface area contributed by atoms with E-state index in [0.29, 0.717) is 17.1 Å². The predicted octanol–water partition coefficient (Wildman–Crippen LogP) is 3.99. The fourth-order valence-corrected chi connectivity index (χ4v) is 5.54. The Morgan fingerprint density at radius 1 is 1.21 bits per heavy atom. The van der Waals surface area contributed by atoms with Crippen molar-refractivity contribution in [1.82, 2.24) is 30.0 Å². The van der Waals surface area contributed by atoms with Crippen LogP contribution in [0.15, 0.2) is 47.3 Å². The van der Waals surface area contributed by atoms with Gasteiger partial charge in [-0.2, -0.15) is 5.10 Å². The Labute approximate surface area is 205 Å². The number of nitrogens with one attached hydrogen (secondary N) is 1. The van der Waals surface area contributed by atoms with E-state index in [9.17, 15) is 4.79 Å². The number of hydrogen-bond acceptors (Lipinski definition) is 6. The number of nitrogens with zero attached hydrogens (tertiary/aromatic N) is 5. The van der Waals surface area contributed by atoms with Crippen LogP contribution in [0.1, 0.15) is 31.5 Å². The van der Waals surface area contributed by atoms with Gasteiger partial charge in [-0.05, 0) is 71.8 Å². The first kappa shape index (κ1) is 21.6. The number of carbonyl (C=O) groups is 1. The van der Waals surface area contributed by atoms with E-state index in [1.807, 2.05) is 35.1 Å². The van der Waals surface area contributed by atoms with Gasteiger partial charge in [0.2, 0.25) is 5.91 Å². The Balaban J connectivity index is 1.21. The van der Waals surface area contributed by atoms with Crippen LogP contribution in [0, 0.1) is 11.8 Å². The largest absolute Gasteiger partial charge is 0.379 e. The number of aromatic nitrogens is 5. The van der Waals surface area contributed by atoms with Gasteiger partial charge in [0.1, 0.15) is 10.4 Å². The fourth-order valence-electron chi connectivity index (χ4n) is 5.10. The van der Waals surface area contributed by atoms with Crippen LogP contribution in [0.25, 0.3) is 27.6 Å². The topological polar surface area (TPSA) is 94.8 Å². The van der Waals surface area contributed by atoms with E-state index in [0.717, 1.165) is 72.2 Å². The van der Waals surface area contributed by atoms with Gasteiger partial charge in [-0.3, -0.25) is 9.78 Å². The lowest BCUT2D eigenvalue weighted by Gasteiger charge is -2.15. The Morgan fingerprint density at radius 3 is 3.03 bits per heavy atom. The lowest BCUT2D eigenvalue weighted by Crippen LogP contribution is -2.38. The van der Waals surface area contributed by atoms with Gasteiger partial charge in [-0.15, -0.1) is 0 Å². The van der Waals surface area contributed by atoms with E-state index in [1.165, 1.54) is 0 Å². The Hall–Kier alpha value is -2.91. The molecule has 3 atom stereocenters. The molecule has 4 heterocycles. The van der Waals surface area contributed by atoms with E-state index < -0.39 is 0 Å². The van der Waals surface area contributed by atoms with Crippen LogP contribution in [-0.4, -0.2) is 49.9 Å². The quantitative estimate of drug-likeness (QED) is 0.427. The third-order valence-corrected chi connectivity index (χ3v) is 7.51. The fraction of sp³-hybridized carbons (Fsp3) is 0.400. The zero-order valence-corrected chi connectivity index (χ0v) is 20.2. The van der Waals surface area contributed by atoms with Crippen LogP contribution in [0.3, 0.4) is 0 Å². The molecule has 1 saturated heterocycles. The van der Waals surface area contributed by atoms with Crippen molar-refractivity contribution < 1.29 is 9.53 Å². The Bertz CT molecular complexity index is 1370. The average molecular weight is 521 g/mol. The number of carbonyl (C=O) groups excluding carboxylic acids is 1. The highest BCUT2D eigenvalue weighted by Crippen LogP contribution is 2.34. The maximum atomic E-state index is 12.7. The number of ether oxygens (including phenoxy) is 1. The molecule has 8 nitrogen and oxygen atoms in total. The molecular formula is C25H25BrN6O2. The van der Waals surface area contributed by atoms with Gasteiger partial charge in [-0.25, -0.2) is 14.6 Å². The van der Waals surface area contributed by atoms with Crippen molar-refractivity contribution >= 4 is 43.8 Å². The molecular weight excluding hydrogens is 496 g/mol. The molecule has 1 amide bonds. The van der Waals surface area contributed by atoms with E-state index in [1.54, 1.807) is 6.20 Å². The molecule has 174 valence electrons. The highest BCUT2D eigenvalue weighted by atomic mass is 79.9. The number of rotatable bonds is 5. The molecule has 6 rings (SSSR count). The lowest BCUT2D eigenvalue weighted by molar-refractivity contribution is -0.125. The second kappa shape index (κ2) is 9.03. The van der Waals surface area contributed by atoms with Crippen LogP contribution in [0.2, 0.25) is 0 Å². The van der Waals surface area contributed by atoms with Crippen LogP contribution in [0.5, 0.6) is 0 Å². The number of pyridine rings is 1. The smallest absolute Gasteiger partial charge is 0.223 e.